The average Bonchev–Trinajstić information content (AvgIpc) is 3.69. The fourth-order valence-corrected chi connectivity index (χ4v) is 8.97. The van der Waals surface area contributed by atoms with Crippen molar-refractivity contribution in [2.45, 2.75) is 94.2 Å². The normalized spacial score (nSPS) is 41.2. The Morgan fingerprint density at radius 3 is 2.11 bits per heavy atom. The van der Waals surface area contributed by atoms with Crippen LogP contribution in [0.3, 0.4) is 0 Å². The lowest BCUT2D eigenvalue weighted by molar-refractivity contribution is 0.108. The predicted molar refractivity (Wildman–Crippen MR) is 150 cm³/mol. The van der Waals surface area contributed by atoms with E-state index < -0.39 is 0 Å². The van der Waals surface area contributed by atoms with Gasteiger partial charge in [0.2, 0.25) is 5.96 Å². The van der Waals surface area contributed by atoms with Gasteiger partial charge in [0.1, 0.15) is 24.3 Å². The molecule has 8 heterocycles. The number of rotatable bonds is 2. The van der Waals surface area contributed by atoms with E-state index in [-0.39, 0.29) is 0 Å². The van der Waals surface area contributed by atoms with Crippen LogP contribution in [0.25, 0.3) is 0 Å². The Bertz CT molecular complexity index is 1080. The standard InChI is InChI=1S/C29H41N9/c1-7-19(35-22-10-4-14-32-27(22)37-24(35)16-18-6-2-12-30-25(18)37)17-20(8-1)36-23-11-5-15-33-28(23)38-26-21(34-29(36)38)9-3-13-31-26/h1,7-8,16-18,21-23,25-28,30-33H,2-6,9-15H2. The molecule has 0 aromatic heterocycles. The lowest BCUT2D eigenvalue weighted by Gasteiger charge is -2.39. The summed E-state index contributed by atoms with van der Waals surface area (Å²) in [5.74, 6) is 3.22. The Balaban J connectivity index is 1.10. The summed E-state index contributed by atoms with van der Waals surface area (Å²) in [6, 6.07) is 10.7. The zero-order valence-corrected chi connectivity index (χ0v) is 22.2. The molecule has 8 atom stereocenters. The van der Waals surface area contributed by atoms with Crippen LogP contribution in [0, 0.1) is 5.92 Å². The van der Waals surface area contributed by atoms with E-state index in [2.05, 4.69) is 71.2 Å². The third-order valence-corrected chi connectivity index (χ3v) is 10.5. The van der Waals surface area contributed by atoms with Crippen LogP contribution < -0.4 is 31.1 Å². The molecular weight excluding hydrogens is 474 g/mol. The van der Waals surface area contributed by atoms with E-state index >= 15 is 0 Å². The van der Waals surface area contributed by atoms with Crippen molar-refractivity contribution in [1.82, 2.24) is 31.1 Å². The van der Waals surface area contributed by atoms with Crippen molar-refractivity contribution in [3.63, 3.8) is 0 Å². The number of nitrogens with one attached hydrogen (secondary N) is 4. The van der Waals surface area contributed by atoms with Gasteiger partial charge in [-0.2, -0.15) is 0 Å². The van der Waals surface area contributed by atoms with Crippen molar-refractivity contribution in [1.29, 1.82) is 0 Å². The van der Waals surface area contributed by atoms with Gasteiger partial charge in [-0.15, -0.1) is 0 Å². The number of aliphatic imine (C=N–C) groups is 1. The third kappa shape index (κ3) is 3.10. The van der Waals surface area contributed by atoms with Gasteiger partial charge in [-0.1, -0.05) is 6.07 Å². The van der Waals surface area contributed by atoms with Gasteiger partial charge in [-0.3, -0.25) is 21.3 Å². The molecule has 0 saturated carbocycles. The molecule has 38 heavy (non-hydrogen) atoms. The lowest BCUT2D eigenvalue weighted by Crippen LogP contribution is -2.60. The van der Waals surface area contributed by atoms with Gasteiger partial charge in [-0.25, -0.2) is 4.99 Å². The smallest absolute Gasteiger partial charge is 0.204 e. The summed E-state index contributed by atoms with van der Waals surface area (Å²) >= 11 is 0. The molecule has 8 unspecified atom stereocenters. The molecule has 6 fully saturated rings. The second-order valence-corrected chi connectivity index (χ2v) is 12.6. The van der Waals surface area contributed by atoms with Crippen molar-refractivity contribution < 1.29 is 0 Å². The fraction of sp³-hybridized carbons (Fsp3) is 0.690. The van der Waals surface area contributed by atoms with Gasteiger partial charge in [0.05, 0.1) is 24.3 Å². The van der Waals surface area contributed by atoms with E-state index in [1.807, 2.05) is 0 Å². The number of hydrogen-bond acceptors (Lipinski definition) is 9. The molecule has 0 bridgehead atoms. The quantitative estimate of drug-likeness (QED) is 0.475. The Kier molecular flexibility index (Phi) is 5.08. The van der Waals surface area contributed by atoms with Gasteiger partial charge < -0.3 is 19.6 Å². The predicted octanol–water partition coefficient (Wildman–Crippen LogP) is 1.72. The molecule has 8 aliphatic heterocycles. The van der Waals surface area contributed by atoms with E-state index in [1.54, 1.807) is 0 Å². The summed E-state index contributed by atoms with van der Waals surface area (Å²) in [6.07, 6.45) is 14.0. The van der Waals surface area contributed by atoms with Crippen LogP contribution in [-0.4, -0.2) is 84.7 Å². The Labute approximate surface area is 225 Å². The molecule has 6 saturated heterocycles. The zero-order valence-electron chi connectivity index (χ0n) is 22.2. The maximum atomic E-state index is 5.36. The minimum atomic E-state index is 0.339. The molecule has 9 rings (SSSR count). The topological polar surface area (TPSA) is 73.4 Å². The molecule has 1 aromatic rings. The number of fused-ring (bicyclic) bond motifs is 10. The van der Waals surface area contributed by atoms with Gasteiger partial charge in [-0.05, 0) is 102 Å². The first-order chi connectivity index (χ1) is 18.9. The SMILES string of the molecule is C1=C2N(c3cccc(N4C5=NC6CCCNC6N5C5NCCCC54)c3)C3CCCNC3N2C2NCCCC12. The Morgan fingerprint density at radius 1 is 0.658 bits per heavy atom. The van der Waals surface area contributed by atoms with E-state index in [0.717, 1.165) is 26.2 Å². The van der Waals surface area contributed by atoms with Crippen molar-refractivity contribution >= 4 is 17.3 Å². The minimum Gasteiger partial charge on any atom is -0.324 e. The number of hydrogen-bond donors (Lipinski definition) is 4. The Hall–Kier alpha value is -2.33. The van der Waals surface area contributed by atoms with Crippen molar-refractivity contribution in [3.8, 4) is 0 Å². The Morgan fingerprint density at radius 2 is 1.29 bits per heavy atom. The molecule has 202 valence electrons. The molecule has 8 aliphatic rings. The molecule has 1 aromatic carbocycles. The van der Waals surface area contributed by atoms with Gasteiger partial charge in [0.15, 0.2) is 0 Å². The number of benzene rings is 1. The van der Waals surface area contributed by atoms with Gasteiger partial charge in [0.25, 0.3) is 0 Å². The van der Waals surface area contributed by atoms with Crippen LogP contribution in [-0.2, 0) is 0 Å². The molecule has 9 nitrogen and oxygen atoms in total. The van der Waals surface area contributed by atoms with E-state index in [0.29, 0.717) is 48.7 Å². The first-order valence-corrected chi connectivity index (χ1v) is 15.4. The van der Waals surface area contributed by atoms with Crippen molar-refractivity contribution in [2.24, 2.45) is 10.9 Å². The highest BCUT2D eigenvalue weighted by molar-refractivity contribution is 6.01. The maximum Gasteiger partial charge on any atom is 0.204 e. The van der Waals surface area contributed by atoms with Crippen LogP contribution in [0.1, 0.15) is 51.4 Å². The molecule has 0 aliphatic carbocycles. The summed E-state index contributed by atoms with van der Waals surface area (Å²) in [7, 11) is 0. The highest BCUT2D eigenvalue weighted by Crippen LogP contribution is 2.46. The van der Waals surface area contributed by atoms with Crippen LogP contribution in [0.15, 0.2) is 41.2 Å². The molecule has 0 spiro atoms. The monoisotopic (exact) mass is 515 g/mol. The second-order valence-electron chi connectivity index (χ2n) is 12.6. The largest absolute Gasteiger partial charge is 0.324 e. The molecule has 4 N–H and O–H groups in total. The van der Waals surface area contributed by atoms with Crippen molar-refractivity contribution in [2.75, 3.05) is 36.0 Å². The average molecular weight is 516 g/mol. The molecule has 0 radical (unpaired) electrons. The van der Waals surface area contributed by atoms with Crippen molar-refractivity contribution in [3.05, 3.63) is 36.2 Å². The number of guanidine groups is 1. The molecular formula is C29H41N9. The number of piperidine rings is 4. The van der Waals surface area contributed by atoms with E-state index in [1.165, 1.54) is 74.5 Å². The summed E-state index contributed by atoms with van der Waals surface area (Å²) in [5, 5.41) is 15.4. The summed E-state index contributed by atoms with van der Waals surface area (Å²) in [5.41, 5.74) is 2.63. The van der Waals surface area contributed by atoms with Crippen LogP contribution in [0.2, 0.25) is 0 Å². The zero-order chi connectivity index (χ0) is 24.8. The first kappa shape index (κ1) is 22.5. The summed E-state index contributed by atoms with van der Waals surface area (Å²) in [6.45, 7) is 4.44. The van der Waals surface area contributed by atoms with Crippen LogP contribution >= 0.6 is 0 Å². The number of anilines is 2. The van der Waals surface area contributed by atoms with Crippen LogP contribution in [0.5, 0.6) is 0 Å². The second kappa shape index (κ2) is 8.58. The maximum absolute atomic E-state index is 5.36. The van der Waals surface area contributed by atoms with E-state index in [4.69, 9.17) is 4.99 Å². The summed E-state index contributed by atoms with van der Waals surface area (Å²) in [4.78, 5) is 15.9. The fourth-order valence-electron chi connectivity index (χ4n) is 8.97. The van der Waals surface area contributed by atoms with Gasteiger partial charge in [0, 0.05) is 17.3 Å². The molecule has 9 heteroatoms. The summed E-state index contributed by atoms with van der Waals surface area (Å²) < 4.78 is 0. The first-order valence-electron chi connectivity index (χ1n) is 15.4. The van der Waals surface area contributed by atoms with E-state index in [9.17, 15) is 0 Å². The minimum absolute atomic E-state index is 0.339. The number of nitrogens with zero attached hydrogens (tertiary/aromatic N) is 5. The van der Waals surface area contributed by atoms with Gasteiger partial charge >= 0.3 is 0 Å². The highest BCUT2D eigenvalue weighted by atomic mass is 15.6. The third-order valence-electron chi connectivity index (χ3n) is 10.5. The highest BCUT2D eigenvalue weighted by Gasteiger charge is 2.55. The van der Waals surface area contributed by atoms with Crippen LogP contribution in [0.4, 0.5) is 11.4 Å². The lowest BCUT2D eigenvalue weighted by atomic mass is 9.95. The molecule has 0 amide bonds.